The Morgan fingerprint density at radius 1 is 1.28 bits per heavy atom. The van der Waals surface area contributed by atoms with Crippen LogP contribution in [0.25, 0.3) is 0 Å². The van der Waals surface area contributed by atoms with Gasteiger partial charge in [0.05, 0.1) is 5.02 Å². The first-order chi connectivity index (χ1) is 7.68. The molecular formula is C12H18BrCl3N2. The quantitative estimate of drug-likeness (QED) is 0.842. The summed E-state index contributed by atoms with van der Waals surface area (Å²) >= 11 is 9.48. The highest BCUT2D eigenvalue weighted by Gasteiger charge is 2.18. The number of nitrogens with zero attached hydrogens (tertiary/aromatic N) is 1. The Bertz CT molecular complexity index is 370. The Balaban J connectivity index is 0.00000144. The molecule has 1 N–H and O–H groups in total. The van der Waals surface area contributed by atoms with Gasteiger partial charge in [0.25, 0.3) is 0 Å². The third-order valence-electron chi connectivity index (χ3n) is 3.13. The van der Waals surface area contributed by atoms with Crippen molar-refractivity contribution in [3.63, 3.8) is 0 Å². The second-order valence-electron chi connectivity index (χ2n) is 4.14. The van der Waals surface area contributed by atoms with Gasteiger partial charge in [-0.2, -0.15) is 0 Å². The Labute approximate surface area is 134 Å². The maximum absolute atomic E-state index is 6.00. The predicted molar refractivity (Wildman–Crippen MR) is 86.5 cm³/mol. The minimum atomic E-state index is 0. The van der Waals surface area contributed by atoms with Crippen LogP contribution in [0.3, 0.4) is 0 Å². The Hall–Kier alpha value is 0.490. The first kappa shape index (κ1) is 18.5. The monoisotopic (exact) mass is 374 g/mol. The van der Waals surface area contributed by atoms with Crippen LogP contribution in [0.2, 0.25) is 5.02 Å². The molecule has 1 aromatic carbocycles. The molecule has 6 heteroatoms. The van der Waals surface area contributed by atoms with Gasteiger partial charge in [-0.25, -0.2) is 0 Å². The zero-order chi connectivity index (χ0) is 11.5. The number of halogens is 4. The van der Waals surface area contributed by atoms with Gasteiger partial charge in [0.15, 0.2) is 0 Å². The number of nitrogens with one attached hydrogen (secondary N) is 1. The van der Waals surface area contributed by atoms with Crippen molar-refractivity contribution in [2.45, 2.75) is 13.0 Å². The normalized spacial score (nSPS) is 17.5. The second kappa shape index (κ2) is 8.62. The average Bonchev–Trinajstić information content (AvgIpc) is 2.33. The summed E-state index contributed by atoms with van der Waals surface area (Å²) in [6, 6.07) is 6.64. The molecule has 1 aliphatic heterocycles. The fourth-order valence-corrected chi connectivity index (χ4v) is 2.57. The summed E-state index contributed by atoms with van der Waals surface area (Å²) in [6.45, 7) is 6.64. The van der Waals surface area contributed by atoms with Gasteiger partial charge < -0.3 is 5.32 Å². The minimum Gasteiger partial charge on any atom is -0.314 e. The summed E-state index contributed by atoms with van der Waals surface area (Å²) < 4.78 is 0.980. The highest BCUT2D eigenvalue weighted by molar-refractivity contribution is 9.10. The van der Waals surface area contributed by atoms with Crippen LogP contribution in [0.1, 0.15) is 18.5 Å². The van der Waals surface area contributed by atoms with E-state index in [-0.39, 0.29) is 24.8 Å². The van der Waals surface area contributed by atoms with Crippen molar-refractivity contribution in [3.8, 4) is 0 Å². The van der Waals surface area contributed by atoms with E-state index in [0.717, 1.165) is 35.7 Å². The molecule has 104 valence electrons. The maximum atomic E-state index is 6.00. The second-order valence-corrected chi connectivity index (χ2v) is 5.40. The van der Waals surface area contributed by atoms with Crippen LogP contribution >= 0.6 is 52.3 Å². The standard InChI is InChI=1S/C12H16BrClN2.2ClH/c1-9(16-6-4-15-5-7-16)10-2-3-12(14)11(13)8-10;;/h2-3,8-9,15H,4-7H2,1H3;2*1H/t9-;;/m0../s1. The van der Waals surface area contributed by atoms with E-state index < -0.39 is 0 Å². The molecule has 1 aliphatic rings. The van der Waals surface area contributed by atoms with E-state index in [4.69, 9.17) is 11.6 Å². The van der Waals surface area contributed by atoms with Gasteiger partial charge in [-0.15, -0.1) is 24.8 Å². The van der Waals surface area contributed by atoms with Crippen molar-refractivity contribution in [2.24, 2.45) is 0 Å². The lowest BCUT2D eigenvalue weighted by atomic mass is 10.1. The molecule has 2 nitrogen and oxygen atoms in total. The van der Waals surface area contributed by atoms with Gasteiger partial charge in [-0.05, 0) is 40.5 Å². The molecule has 1 heterocycles. The van der Waals surface area contributed by atoms with Crippen LogP contribution in [-0.2, 0) is 0 Å². The van der Waals surface area contributed by atoms with Gasteiger partial charge in [0.1, 0.15) is 0 Å². The zero-order valence-electron chi connectivity index (χ0n) is 10.2. The van der Waals surface area contributed by atoms with Gasteiger partial charge in [-0.1, -0.05) is 17.7 Å². The molecule has 1 aromatic rings. The Kier molecular flexibility index (Phi) is 8.85. The lowest BCUT2D eigenvalue weighted by Gasteiger charge is -2.33. The lowest BCUT2D eigenvalue weighted by molar-refractivity contribution is 0.185. The van der Waals surface area contributed by atoms with Crippen molar-refractivity contribution >= 4 is 52.3 Å². The average molecular weight is 377 g/mol. The van der Waals surface area contributed by atoms with Crippen LogP contribution in [0, 0.1) is 0 Å². The number of hydrogen-bond acceptors (Lipinski definition) is 2. The van der Waals surface area contributed by atoms with Crippen LogP contribution in [0.4, 0.5) is 0 Å². The van der Waals surface area contributed by atoms with E-state index in [1.165, 1.54) is 5.56 Å². The zero-order valence-corrected chi connectivity index (χ0v) is 14.1. The van der Waals surface area contributed by atoms with E-state index in [1.807, 2.05) is 6.07 Å². The summed E-state index contributed by atoms with van der Waals surface area (Å²) in [5.41, 5.74) is 1.32. The third-order valence-corrected chi connectivity index (χ3v) is 4.34. The van der Waals surface area contributed by atoms with Crippen molar-refractivity contribution in [3.05, 3.63) is 33.3 Å². The molecule has 18 heavy (non-hydrogen) atoms. The molecule has 0 aliphatic carbocycles. The van der Waals surface area contributed by atoms with E-state index in [1.54, 1.807) is 0 Å². The van der Waals surface area contributed by atoms with Gasteiger partial charge in [-0.3, -0.25) is 4.90 Å². The number of benzene rings is 1. The molecule has 0 bridgehead atoms. The number of rotatable bonds is 2. The summed E-state index contributed by atoms with van der Waals surface area (Å²) in [5, 5.41) is 4.14. The van der Waals surface area contributed by atoms with Crippen molar-refractivity contribution in [1.82, 2.24) is 10.2 Å². The Morgan fingerprint density at radius 2 is 1.89 bits per heavy atom. The summed E-state index contributed by atoms with van der Waals surface area (Å²) in [5.74, 6) is 0. The van der Waals surface area contributed by atoms with E-state index in [2.05, 4.69) is 45.2 Å². The van der Waals surface area contributed by atoms with Crippen LogP contribution in [-0.4, -0.2) is 31.1 Å². The van der Waals surface area contributed by atoms with Crippen LogP contribution in [0.15, 0.2) is 22.7 Å². The predicted octanol–water partition coefficient (Wildman–Crippen LogP) is 3.91. The maximum Gasteiger partial charge on any atom is 0.0548 e. The molecule has 0 amide bonds. The first-order valence-corrected chi connectivity index (χ1v) is 6.75. The molecule has 0 saturated carbocycles. The molecule has 0 unspecified atom stereocenters. The molecule has 1 atom stereocenters. The highest BCUT2D eigenvalue weighted by atomic mass is 79.9. The van der Waals surface area contributed by atoms with Crippen molar-refractivity contribution < 1.29 is 0 Å². The van der Waals surface area contributed by atoms with Gasteiger partial charge in [0, 0.05) is 36.7 Å². The van der Waals surface area contributed by atoms with E-state index in [9.17, 15) is 0 Å². The summed E-state index contributed by atoms with van der Waals surface area (Å²) in [4.78, 5) is 2.49. The topological polar surface area (TPSA) is 15.3 Å². The summed E-state index contributed by atoms with van der Waals surface area (Å²) in [7, 11) is 0. The summed E-state index contributed by atoms with van der Waals surface area (Å²) in [6.07, 6.45) is 0. The van der Waals surface area contributed by atoms with Crippen LogP contribution < -0.4 is 5.32 Å². The fraction of sp³-hybridized carbons (Fsp3) is 0.500. The Morgan fingerprint density at radius 3 is 2.44 bits per heavy atom. The van der Waals surface area contributed by atoms with E-state index in [0.29, 0.717) is 6.04 Å². The minimum absolute atomic E-state index is 0. The molecule has 0 aromatic heterocycles. The van der Waals surface area contributed by atoms with Crippen molar-refractivity contribution in [2.75, 3.05) is 26.2 Å². The highest BCUT2D eigenvalue weighted by Crippen LogP contribution is 2.28. The molecule has 0 spiro atoms. The van der Waals surface area contributed by atoms with Gasteiger partial charge >= 0.3 is 0 Å². The van der Waals surface area contributed by atoms with Crippen molar-refractivity contribution in [1.29, 1.82) is 0 Å². The smallest absolute Gasteiger partial charge is 0.0548 e. The molecule has 0 radical (unpaired) electrons. The van der Waals surface area contributed by atoms with Crippen LogP contribution in [0.5, 0.6) is 0 Å². The molecule has 2 rings (SSSR count). The first-order valence-electron chi connectivity index (χ1n) is 5.58. The molecular weight excluding hydrogens is 358 g/mol. The lowest BCUT2D eigenvalue weighted by Crippen LogP contribution is -2.44. The molecule has 1 fully saturated rings. The fourth-order valence-electron chi connectivity index (χ4n) is 2.05. The third kappa shape index (κ3) is 4.55. The van der Waals surface area contributed by atoms with E-state index >= 15 is 0 Å². The van der Waals surface area contributed by atoms with Gasteiger partial charge in [0.2, 0.25) is 0 Å². The number of piperazine rings is 1. The largest absolute Gasteiger partial charge is 0.314 e. The number of hydrogen-bond donors (Lipinski definition) is 1. The molecule has 1 saturated heterocycles. The SMILES string of the molecule is C[C@@H](c1ccc(Cl)c(Br)c1)N1CCNCC1.Cl.Cl.